The fraction of sp³-hybridized carbons (Fsp3) is 0.391. The third-order valence-corrected chi connectivity index (χ3v) is 7.29. The van der Waals surface area contributed by atoms with Gasteiger partial charge in [0.15, 0.2) is 0 Å². The molecule has 2 amide bonds. The van der Waals surface area contributed by atoms with E-state index >= 15 is 0 Å². The Morgan fingerprint density at radius 3 is 2.34 bits per heavy atom. The van der Waals surface area contributed by atoms with E-state index in [0.717, 1.165) is 17.0 Å². The third-order valence-electron chi connectivity index (χ3n) is 5.14. The minimum Gasteiger partial charge on any atom is -0.497 e. The number of benzene rings is 2. The predicted molar refractivity (Wildman–Crippen MR) is 140 cm³/mol. The molecule has 2 aromatic rings. The van der Waals surface area contributed by atoms with Gasteiger partial charge in [-0.05, 0) is 43.2 Å². The number of anilines is 1. The molecule has 8 nitrogen and oxygen atoms in total. The fourth-order valence-corrected chi connectivity index (χ4v) is 4.79. The van der Waals surface area contributed by atoms with Gasteiger partial charge >= 0.3 is 0 Å². The zero-order chi connectivity index (χ0) is 26.3. The van der Waals surface area contributed by atoms with Crippen molar-refractivity contribution in [1.29, 1.82) is 0 Å². The molecule has 1 N–H and O–H groups in total. The molecular formula is C23H28Cl3N3O5S. The lowest BCUT2D eigenvalue weighted by atomic mass is 10.1. The highest BCUT2D eigenvalue weighted by molar-refractivity contribution is 7.92. The van der Waals surface area contributed by atoms with Crippen molar-refractivity contribution in [3.05, 3.63) is 57.0 Å². The average Bonchev–Trinajstić information content (AvgIpc) is 2.80. The molecule has 35 heavy (non-hydrogen) atoms. The zero-order valence-corrected chi connectivity index (χ0v) is 22.9. The predicted octanol–water partition coefficient (Wildman–Crippen LogP) is 4.36. The van der Waals surface area contributed by atoms with Crippen LogP contribution >= 0.6 is 34.8 Å². The van der Waals surface area contributed by atoms with Crippen molar-refractivity contribution in [2.45, 2.75) is 32.9 Å². The van der Waals surface area contributed by atoms with Crippen molar-refractivity contribution in [3.8, 4) is 5.75 Å². The molecule has 0 saturated carbocycles. The van der Waals surface area contributed by atoms with Gasteiger partial charge in [-0.1, -0.05) is 53.9 Å². The molecule has 192 valence electrons. The molecule has 2 rings (SSSR count). The van der Waals surface area contributed by atoms with Crippen LogP contribution in [0.3, 0.4) is 0 Å². The van der Waals surface area contributed by atoms with Crippen LogP contribution in [-0.2, 0) is 26.2 Å². The molecular weight excluding hydrogens is 537 g/mol. The standard InChI is InChI=1S/C23H28Cl3N3O5S/c1-5-9-27-23(31)15(2)28(13-16-7-6-8-17(10-16)34-3)22(30)14-29(35(4,32)33)21-12-19(25)18(24)11-20(21)26/h6-8,10-12,15H,5,9,13-14H2,1-4H3,(H,27,31)/t15-/m0/s1. The first kappa shape index (κ1) is 29.0. The number of hydrogen-bond acceptors (Lipinski definition) is 5. The van der Waals surface area contributed by atoms with E-state index in [9.17, 15) is 18.0 Å². The van der Waals surface area contributed by atoms with Crippen LogP contribution in [0.25, 0.3) is 0 Å². The molecule has 0 saturated heterocycles. The van der Waals surface area contributed by atoms with E-state index in [-0.39, 0.29) is 33.2 Å². The largest absolute Gasteiger partial charge is 0.497 e. The molecule has 0 fully saturated rings. The minimum absolute atomic E-state index is 0.00124. The number of nitrogens with one attached hydrogen (secondary N) is 1. The van der Waals surface area contributed by atoms with Crippen LogP contribution in [0, 0.1) is 0 Å². The fourth-order valence-electron chi connectivity index (χ4n) is 3.24. The SMILES string of the molecule is CCCNC(=O)[C@H](C)N(Cc1cccc(OC)c1)C(=O)CN(c1cc(Cl)c(Cl)cc1Cl)S(C)(=O)=O. The first-order valence-electron chi connectivity index (χ1n) is 10.7. The number of nitrogens with zero attached hydrogens (tertiary/aromatic N) is 2. The van der Waals surface area contributed by atoms with E-state index < -0.39 is 28.5 Å². The highest BCUT2D eigenvalue weighted by Crippen LogP contribution is 2.35. The second-order valence-electron chi connectivity index (χ2n) is 7.83. The van der Waals surface area contributed by atoms with Crippen LogP contribution in [0.15, 0.2) is 36.4 Å². The number of hydrogen-bond donors (Lipinski definition) is 1. The molecule has 0 heterocycles. The number of sulfonamides is 1. The Hall–Kier alpha value is -2.20. The van der Waals surface area contributed by atoms with E-state index in [1.54, 1.807) is 31.2 Å². The second kappa shape index (κ2) is 12.7. The topological polar surface area (TPSA) is 96.0 Å². The maximum Gasteiger partial charge on any atom is 0.244 e. The van der Waals surface area contributed by atoms with Gasteiger partial charge in [-0.15, -0.1) is 0 Å². The summed E-state index contributed by atoms with van der Waals surface area (Å²) in [5, 5.41) is 2.99. The van der Waals surface area contributed by atoms with Crippen molar-refractivity contribution in [2.75, 3.05) is 30.8 Å². The maximum absolute atomic E-state index is 13.5. The van der Waals surface area contributed by atoms with Crippen LogP contribution in [0.1, 0.15) is 25.8 Å². The first-order valence-corrected chi connectivity index (χ1v) is 13.7. The summed E-state index contributed by atoms with van der Waals surface area (Å²) in [5.41, 5.74) is 0.702. The van der Waals surface area contributed by atoms with Crippen LogP contribution in [0.5, 0.6) is 5.75 Å². The van der Waals surface area contributed by atoms with Crippen molar-refractivity contribution in [3.63, 3.8) is 0 Å². The lowest BCUT2D eigenvalue weighted by molar-refractivity contribution is -0.139. The lowest BCUT2D eigenvalue weighted by Crippen LogP contribution is -2.51. The molecule has 0 bridgehead atoms. The zero-order valence-electron chi connectivity index (χ0n) is 19.8. The summed E-state index contributed by atoms with van der Waals surface area (Å²) < 4.78 is 31.4. The van der Waals surface area contributed by atoms with Gasteiger partial charge in [-0.2, -0.15) is 0 Å². The normalized spacial score (nSPS) is 12.1. The number of rotatable bonds is 11. The quantitative estimate of drug-likeness (QED) is 0.409. The van der Waals surface area contributed by atoms with Gasteiger partial charge in [0.25, 0.3) is 0 Å². The molecule has 1 atom stereocenters. The molecule has 0 aliphatic heterocycles. The van der Waals surface area contributed by atoms with Gasteiger partial charge in [0, 0.05) is 13.1 Å². The molecule has 0 spiro atoms. The Morgan fingerprint density at radius 1 is 1.09 bits per heavy atom. The molecule has 2 aromatic carbocycles. The Morgan fingerprint density at radius 2 is 1.74 bits per heavy atom. The first-order chi connectivity index (χ1) is 16.4. The highest BCUT2D eigenvalue weighted by atomic mass is 35.5. The summed E-state index contributed by atoms with van der Waals surface area (Å²) in [5.74, 6) is -0.389. The maximum atomic E-state index is 13.5. The number of carbonyl (C=O) groups is 2. The number of methoxy groups -OCH3 is 1. The van der Waals surface area contributed by atoms with Crippen molar-refractivity contribution in [1.82, 2.24) is 10.2 Å². The molecule has 0 aliphatic carbocycles. The number of halogens is 3. The van der Waals surface area contributed by atoms with Gasteiger partial charge < -0.3 is 15.0 Å². The second-order valence-corrected chi connectivity index (χ2v) is 11.0. The Kier molecular flexibility index (Phi) is 10.5. The van der Waals surface area contributed by atoms with E-state index in [2.05, 4.69) is 5.32 Å². The molecule has 0 radical (unpaired) electrons. The lowest BCUT2D eigenvalue weighted by Gasteiger charge is -2.31. The molecule has 0 aromatic heterocycles. The number of amides is 2. The minimum atomic E-state index is -3.96. The molecule has 12 heteroatoms. The summed E-state index contributed by atoms with van der Waals surface area (Å²) in [6, 6.07) is 8.74. The Labute approximate surface area is 221 Å². The van der Waals surface area contributed by atoms with Crippen molar-refractivity contribution in [2.24, 2.45) is 0 Å². The molecule has 0 aliphatic rings. The van der Waals surface area contributed by atoms with E-state index in [1.807, 2.05) is 6.92 Å². The highest BCUT2D eigenvalue weighted by Gasteiger charge is 2.31. The van der Waals surface area contributed by atoms with E-state index in [0.29, 0.717) is 17.9 Å². The molecule has 0 unspecified atom stereocenters. The van der Waals surface area contributed by atoms with Crippen molar-refractivity contribution < 1.29 is 22.7 Å². The van der Waals surface area contributed by atoms with Gasteiger partial charge in [0.05, 0.1) is 34.1 Å². The average molecular weight is 565 g/mol. The Balaban J connectivity index is 2.45. The number of carbonyl (C=O) groups excluding carboxylic acids is 2. The van der Waals surface area contributed by atoms with Crippen LogP contribution < -0.4 is 14.4 Å². The third kappa shape index (κ3) is 7.90. The van der Waals surface area contributed by atoms with Gasteiger partial charge in [0.2, 0.25) is 21.8 Å². The van der Waals surface area contributed by atoms with Crippen LogP contribution in [0.4, 0.5) is 5.69 Å². The summed E-state index contributed by atoms with van der Waals surface area (Å²) >= 11 is 18.3. The van der Waals surface area contributed by atoms with E-state index in [4.69, 9.17) is 39.5 Å². The van der Waals surface area contributed by atoms with Gasteiger partial charge in [0.1, 0.15) is 18.3 Å². The smallest absolute Gasteiger partial charge is 0.244 e. The Bertz CT molecular complexity index is 1180. The van der Waals surface area contributed by atoms with Crippen molar-refractivity contribution >= 4 is 62.3 Å². The van der Waals surface area contributed by atoms with Gasteiger partial charge in [-0.25, -0.2) is 8.42 Å². The summed E-state index contributed by atoms with van der Waals surface area (Å²) in [6.45, 7) is 3.38. The van der Waals surface area contributed by atoms with Crippen LogP contribution in [0.2, 0.25) is 15.1 Å². The monoisotopic (exact) mass is 563 g/mol. The summed E-state index contributed by atoms with van der Waals surface area (Å²) in [4.78, 5) is 27.6. The van der Waals surface area contributed by atoms with Gasteiger partial charge in [-0.3, -0.25) is 13.9 Å². The van der Waals surface area contributed by atoms with E-state index in [1.165, 1.54) is 24.1 Å². The number of ether oxygens (including phenoxy) is 1. The van der Waals surface area contributed by atoms with Crippen LogP contribution in [-0.4, -0.2) is 57.6 Å². The summed E-state index contributed by atoms with van der Waals surface area (Å²) in [6.07, 6.45) is 1.67. The summed E-state index contributed by atoms with van der Waals surface area (Å²) in [7, 11) is -2.44.